The molecule has 1 aromatic rings. The van der Waals surface area contributed by atoms with Crippen molar-refractivity contribution in [1.82, 2.24) is 20.2 Å². The molecule has 5 heteroatoms. The first kappa shape index (κ1) is 11.4. The Kier molecular flexibility index (Phi) is 4.32. The van der Waals surface area contributed by atoms with Crippen LogP contribution >= 0.6 is 11.6 Å². The number of alkyl halides is 1. The Balaban J connectivity index is 2.26. The van der Waals surface area contributed by atoms with Crippen LogP contribution in [-0.4, -0.2) is 25.6 Å². The van der Waals surface area contributed by atoms with Gasteiger partial charge in [-0.3, -0.25) is 0 Å². The topological polar surface area (TPSA) is 43.6 Å². The molecular weight excluding hydrogens is 200 g/mol. The molecule has 1 rings (SSSR count). The van der Waals surface area contributed by atoms with Crippen molar-refractivity contribution in [1.29, 1.82) is 0 Å². The van der Waals surface area contributed by atoms with Crippen LogP contribution in [-0.2, 0) is 13.5 Å². The van der Waals surface area contributed by atoms with Gasteiger partial charge in [-0.2, -0.15) is 4.80 Å². The van der Waals surface area contributed by atoms with Gasteiger partial charge in [-0.1, -0.05) is 13.8 Å². The summed E-state index contributed by atoms with van der Waals surface area (Å²) in [5.74, 6) is 1.43. The molecule has 0 spiro atoms. The summed E-state index contributed by atoms with van der Waals surface area (Å²) in [4.78, 5) is 1.47. The van der Waals surface area contributed by atoms with E-state index in [0.29, 0.717) is 5.92 Å². The lowest BCUT2D eigenvalue weighted by atomic mass is 10.0. The third-order valence-electron chi connectivity index (χ3n) is 1.96. The molecule has 1 heterocycles. The predicted molar refractivity (Wildman–Crippen MR) is 56.2 cm³/mol. The Morgan fingerprint density at radius 1 is 1.43 bits per heavy atom. The van der Waals surface area contributed by atoms with Crippen LogP contribution in [0.5, 0.6) is 0 Å². The fraction of sp³-hybridized carbons (Fsp3) is 0.889. The van der Waals surface area contributed by atoms with Gasteiger partial charge in [-0.15, -0.1) is 21.8 Å². The van der Waals surface area contributed by atoms with E-state index in [9.17, 15) is 0 Å². The van der Waals surface area contributed by atoms with Crippen LogP contribution in [0, 0.1) is 5.92 Å². The Hall–Kier alpha value is -0.640. The van der Waals surface area contributed by atoms with Crippen molar-refractivity contribution in [3.8, 4) is 0 Å². The van der Waals surface area contributed by atoms with Gasteiger partial charge in [-0.05, 0) is 24.0 Å². The van der Waals surface area contributed by atoms with Crippen LogP contribution in [0.2, 0.25) is 0 Å². The van der Waals surface area contributed by atoms with E-state index in [4.69, 9.17) is 11.6 Å². The highest BCUT2D eigenvalue weighted by atomic mass is 35.5. The lowest BCUT2D eigenvalue weighted by Gasteiger charge is -2.09. The number of aromatic nitrogens is 4. The summed E-state index contributed by atoms with van der Waals surface area (Å²) < 4.78 is 0. The van der Waals surface area contributed by atoms with E-state index < -0.39 is 0 Å². The zero-order valence-electron chi connectivity index (χ0n) is 8.94. The van der Waals surface area contributed by atoms with Gasteiger partial charge < -0.3 is 0 Å². The normalized spacial score (nSPS) is 13.5. The largest absolute Gasteiger partial charge is 0.174 e. The highest BCUT2D eigenvalue weighted by Gasteiger charge is 2.09. The molecule has 0 bridgehead atoms. The van der Waals surface area contributed by atoms with Gasteiger partial charge in [0, 0.05) is 11.8 Å². The van der Waals surface area contributed by atoms with Crippen molar-refractivity contribution in [3.63, 3.8) is 0 Å². The molecule has 0 aliphatic rings. The van der Waals surface area contributed by atoms with Crippen LogP contribution in [0.1, 0.15) is 32.5 Å². The molecule has 0 N–H and O–H groups in total. The van der Waals surface area contributed by atoms with Gasteiger partial charge in [-0.25, -0.2) is 0 Å². The minimum absolute atomic E-state index is 0.221. The number of aryl methyl sites for hydroxylation is 2. The average molecular weight is 217 g/mol. The highest BCUT2D eigenvalue weighted by Crippen LogP contribution is 2.15. The van der Waals surface area contributed by atoms with E-state index in [2.05, 4.69) is 29.3 Å². The van der Waals surface area contributed by atoms with Crippen LogP contribution in [0.3, 0.4) is 0 Å². The third-order valence-corrected chi connectivity index (χ3v) is 2.35. The summed E-state index contributed by atoms with van der Waals surface area (Å²) in [5.41, 5.74) is 0. The van der Waals surface area contributed by atoms with Crippen LogP contribution in [0.15, 0.2) is 0 Å². The zero-order valence-corrected chi connectivity index (χ0v) is 9.70. The molecule has 1 atom stereocenters. The zero-order chi connectivity index (χ0) is 10.6. The molecule has 0 radical (unpaired) electrons. The lowest BCUT2D eigenvalue weighted by Crippen LogP contribution is -2.05. The molecule has 1 aromatic heterocycles. The second kappa shape index (κ2) is 5.29. The maximum absolute atomic E-state index is 6.15. The van der Waals surface area contributed by atoms with Crippen molar-refractivity contribution in [3.05, 3.63) is 5.82 Å². The molecule has 0 amide bonds. The Labute approximate surface area is 89.6 Å². The molecule has 80 valence electrons. The molecule has 0 aliphatic carbocycles. The summed E-state index contributed by atoms with van der Waals surface area (Å²) in [6.07, 6.45) is 2.78. The first-order chi connectivity index (χ1) is 6.58. The minimum Gasteiger partial charge on any atom is -0.167 e. The standard InChI is InChI=1S/C9H17ClN4/c1-7(2)6-8(10)4-5-9-11-13-14(3)12-9/h7-8H,4-6H2,1-3H3. The van der Waals surface area contributed by atoms with Crippen molar-refractivity contribution in [2.24, 2.45) is 13.0 Å². The van der Waals surface area contributed by atoms with Gasteiger partial charge in [0.2, 0.25) is 0 Å². The van der Waals surface area contributed by atoms with Crippen LogP contribution in [0.25, 0.3) is 0 Å². The van der Waals surface area contributed by atoms with Crippen molar-refractivity contribution in [2.45, 2.75) is 38.5 Å². The maximum atomic E-state index is 6.15. The van der Waals surface area contributed by atoms with Gasteiger partial charge in [0.25, 0.3) is 0 Å². The molecule has 0 saturated heterocycles. The second-order valence-corrected chi connectivity index (χ2v) is 4.58. The van der Waals surface area contributed by atoms with E-state index in [0.717, 1.165) is 25.1 Å². The van der Waals surface area contributed by atoms with E-state index in [1.165, 1.54) is 4.80 Å². The maximum Gasteiger partial charge on any atom is 0.174 e. The Morgan fingerprint density at radius 3 is 2.64 bits per heavy atom. The van der Waals surface area contributed by atoms with E-state index >= 15 is 0 Å². The molecule has 1 unspecified atom stereocenters. The average Bonchev–Trinajstić information content (AvgIpc) is 2.47. The Morgan fingerprint density at radius 2 is 2.14 bits per heavy atom. The van der Waals surface area contributed by atoms with Gasteiger partial charge in [0.05, 0.1) is 7.05 Å². The van der Waals surface area contributed by atoms with E-state index in [1.807, 2.05) is 0 Å². The van der Waals surface area contributed by atoms with Gasteiger partial charge in [0.1, 0.15) is 0 Å². The summed E-state index contributed by atoms with van der Waals surface area (Å²) in [6.45, 7) is 4.35. The number of tetrazole rings is 1. The quantitative estimate of drug-likeness (QED) is 0.705. The molecule has 14 heavy (non-hydrogen) atoms. The van der Waals surface area contributed by atoms with Gasteiger partial charge >= 0.3 is 0 Å². The van der Waals surface area contributed by atoms with Crippen LogP contribution < -0.4 is 0 Å². The monoisotopic (exact) mass is 216 g/mol. The molecule has 0 aliphatic heterocycles. The predicted octanol–water partition coefficient (Wildman–Crippen LogP) is 1.80. The van der Waals surface area contributed by atoms with Crippen LogP contribution in [0.4, 0.5) is 0 Å². The highest BCUT2D eigenvalue weighted by molar-refractivity contribution is 6.20. The SMILES string of the molecule is CC(C)CC(Cl)CCc1nnn(C)n1. The smallest absolute Gasteiger partial charge is 0.167 e. The minimum atomic E-state index is 0.221. The third kappa shape index (κ3) is 4.05. The molecule has 0 saturated carbocycles. The number of nitrogens with zero attached hydrogens (tertiary/aromatic N) is 4. The summed E-state index contributed by atoms with van der Waals surface area (Å²) in [7, 11) is 1.77. The van der Waals surface area contributed by atoms with Crippen molar-refractivity contribution < 1.29 is 0 Å². The first-order valence-electron chi connectivity index (χ1n) is 4.95. The second-order valence-electron chi connectivity index (χ2n) is 3.96. The van der Waals surface area contributed by atoms with Crippen molar-refractivity contribution >= 4 is 11.6 Å². The number of rotatable bonds is 5. The Bertz CT molecular complexity index is 272. The summed E-state index contributed by atoms with van der Waals surface area (Å²) >= 11 is 6.15. The summed E-state index contributed by atoms with van der Waals surface area (Å²) in [5, 5.41) is 12.0. The van der Waals surface area contributed by atoms with E-state index in [-0.39, 0.29) is 5.38 Å². The lowest BCUT2D eigenvalue weighted by molar-refractivity contribution is 0.540. The molecule has 0 fully saturated rings. The number of halogens is 1. The molecule has 0 aromatic carbocycles. The number of hydrogen-bond donors (Lipinski definition) is 0. The molecular formula is C9H17ClN4. The number of hydrogen-bond acceptors (Lipinski definition) is 3. The molecule has 4 nitrogen and oxygen atoms in total. The fourth-order valence-corrected chi connectivity index (χ4v) is 1.80. The van der Waals surface area contributed by atoms with Crippen molar-refractivity contribution in [2.75, 3.05) is 0 Å². The summed E-state index contributed by atoms with van der Waals surface area (Å²) in [6, 6.07) is 0. The first-order valence-corrected chi connectivity index (χ1v) is 5.38. The fourth-order valence-electron chi connectivity index (χ4n) is 1.34. The van der Waals surface area contributed by atoms with E-state index in [1.54, 1.807) is 7.05 Å². The van der Waals surface area contributed by atoms with Gasteiger partial charge in [0.15, 0.2) is 5.82 Å².